The van der Waals surface area contributed by atoms with Crippen molar-refractivity contribution in [1.29, 1.82) is 0 Å². The fourth-order valence-electron chi connectivity index (χ4n) is 7.13. The minimum Gasteiger partial charge on any atom is -0.0888 e. The summed E-state index contributed by atoms with van der Waals surface area (Å²) < 4.78 is 0. The van der Waals surface area contributed by atoms with Gasteiger partial charge in [0, 0.05) is 33.1 Å². The van der Waals surface area contributed by atoms with Crippen molar-refractivity contribution in [3.05, 3.63) is 257 Å². The lowest BCUT2D eigenvalue weighted by molar-refractivity contribution is 0.805. The summed E-state index contributed by atoms with van der Waals surface area (Å²) in [5, 5.41) is 0. The average Bonchev–Trinajstić information content (AvgIpc) is 3.28. The van der Waals surface area contributed by atoms with Crippen molar-refractivity contribution in [1.82, 2.24) is 0 Å². The van der Waals surface area contributed by atoms with E-state index in [4.69, 9.17) is 0 Å². The summed E-state index contributed by atoms with van der Waals surface area (Å²) in [6.07, 6.45) is 25.8. The number of thioether (sulfide) groups is 1. The van der Waals surface area contributed by atoms with E-state index in [9.17, 15) is 0 Å². The summed E-state index contributed by atoms with van der Waals surface area (Å²) >= 11 is 3.67. The third-order valence-corrected chi connectivity index (χ3v) is 12.1. The molecule has 0 atom stereocenters. The zero-order valence-corrected chi connectivity index (χ0v) is 32.9. The Bertz CT molecular complexity index is 2400. The molecule has 270 valence electrons. The molecule has 0 spiro atoms. The van der Waals surface area contributed by atoms with Crippen molar-refractivity contribution >= 4 is 44.6 Å². The predicted octanol–water partition coefficient (Wildman–Crippen LogP) is 15.8. The van der Waals surface area contributed by atoms with Crippen molar-refractivity contribution < 1.29 is 0 Å². The van der Waals surface area contributed by atoms with Crippen LogP contribution >= 0.6 is 23.1 Å². The first-order valence-electron chi connectivity index (χ1n) is 19.3. The van der Waals surface area contributed by atoms with E-state index in [1.165, 1.54) is 75.2 Å². The second-order valence-electron chi connectivity index (χ2n) is 13.8. The van der Waals surface area contributed by atoms with Gasteiger partial charge >= 0.3 is 0 Å². The fourth-order valence-corrected chi connectivity index (χ4v) is 9.40. The van der Waals surface area contributed by atoms with Crippen LogP contribution in [0.3, 0.4) is 0 Å². The SMILES string of the molecule is C(/C=C/C=C1\CCCC(/C=C/C=C/c2cc(-c3ccccc3)[s+]c(-c3ccccc3)c2)=C1c1ccccc1)=C1C=C(c2ccccc2)SC(c2ccccc2)=C1. The number of hydrogen-bond acceptors (Lipinski definition) is 1. The van der Waals surface area contributed by atoms with Gasteiger partial charge in [-0.15, -0.1) is 0 Å². The first-order chi connectivity index (χ1) is 27.8. The highest BCUT2D eigenvalue weighted by Crippen LogP contribution is 2.44. The van der Waals surface area contributed by atoms with Crippen molar-refractivity contribution in [2.45, 2.75) is 19.3 Å². The first-order valence-corrected chi connectivity index (χ1v) is 20.9. The molecule has 2 heteroatoms. The van der Waals surface area contributed by atoms with E-state index in [2.05, 4.69) is 225 Å². The minimum absolute atomic E-state index is 1.06. The standard InChI is InChI=1S/C54H43S2/c1-6-23-43(24-7-1)50-37-41(38-51(55-50)44-25-8-2-9-26-44)21-16-18-33-48-35-20-36-49(54(48)47-31-14-5-15-32-47)34-19-17-22-42-39-52(45-27-10-3-11-28-45)56-53(40-42)46-29-12-4-13-30-46/h1-19,21-34,37-40H,20,35-36H2/q+1. The minimum atomic E-state index is 1.06. The Morgan fingerprint density at radius 1 is 0.446 bits per heavy atom. The molecule has 56 heavy (non-hydrogen) atoms. The maximum atomic E-state index is 2.32. The molecule has 1 aromatic heterocycles. The Morgan fingerprint density at radius 2 is 0.911 bits per heavy atom. The van der Waals surface area contributed by atoms with Crippen LogP contribution in [0.1, 0.15) is 41.5 Å². The van der Waals surface area contributed by atoms with Crippen molar-refractivity contribution in [3.63, 3.8) is 0 Å². The van der Waals surface area contributed by atoms with E-state index in [0.717, 1.165) is 19.3 Å². The normalized spacial score (nSPS) is 15.5. The van der Waals surface area contributed by atoms with Gasteiger partial charge in [-0.2, -0.15) is 0 Å². The summed E-state index contributed by atoms with van der Waals surface area (Å²) in [5.74, 6) is 0. The smallest absolute Gasteiger partial charge is 0.0888 e. The van der Waals surface area contributed by atoms with E-state index in [1.807, 2.05) is 23.1 Å². The van der Waals surface area contributed by atoms with Gasteiger partial charge < -0.3 is 0 Å². The molecule has 2 aliphatic rings. The molecule has 5 aromatic carbocycles. The van der Waals surface area contributed by atoms with Crippen LogP contribution in [0.25, 0.3) is 42.3 Å². The Balaban J connectivity index is 1.08. The van der Waals surface area contributed by atoms with Crippen LogP contribution in [-0.2, 0) is 0 Å². The lowest BCUT2D eigenvalue weighted by Gasteiger charge is -2.22. The van der Waals surface area contributed by atoms with Crippen LogP contribution in [0.4, 0.5) is 0 Å². The summed E-state index contributed by atoms with van der Waals surface area (Å²) in [6.45, 7) is 0. The molecular weight excluding hydrogens is 713 g/mol. The highest BCUT2D eigenvalue weighted by atomic mass is 32.2. The lowest BCUT2D eigenvalue weighted by atomic mass is 9.83. The third kappa shape index (κ3) is 9.41. The van der Waals surface area contributed by atoms with Crippen LogP contribution in [0.5, 0.6) is 0 Å². The number of benzene rings is 5. The Morgan fingerprint density at radius 3 is 1.45 bits per heavy atom. The van der Waals surface area contributed by atoms with Crippen LogP contribution in [-0.4, -0.2) is 0 Å². The van der Waals surface area contributed by atoms with Crippen LogP contribution in [0.15, 0.2) is 235 Å². The van der Waals surface area contributed by atoms with E-state index >= 15 is 0 Å². The molecular formula is C54H43S2+. The molecule has 1 aliphatic heterocycles. The molecule has 0 saturated carbocycles. The zero-order valence-electron chi connectivity index (χ0n) is 31.3. The number of hydrogen-bond donors (Lipinski definition) is 0. The van der Waals surface area contributed by atoms with Crippen LogP contribution < -0.4 is 0 Å². The Hall–Kier alpha value is -6.06. The zero-order chi connectivity index (χ0) is 37.8. The maximum Gasteiger partial charge on any atom is 0.239 e. The molecule has 1 aliphatic carbocycles. The number of allylic oxidation sites excluding steroid dienone is 13. The largest absolute Gasteiger partial charge is 0.239 e. The van der Waals surface area contributed by atoms with Crippen LogP contribution in [0, 0.1) is 0 Å². The van der Waals surface area contributed by atoms with Gasteiger partial charge in [-0.1, -0.05) is 188 Å². The Labute approximate surface area is 340 Å². The molecule has 0 bridgehead atoms. The van der Waals surface area contributed by atoms with Crippen LogP contribution in [0.2, 0.25) is 0 Å². The maximum absolute atomic E-state index is 2.32. The molecule has 2 heterocycles. The average molecular weight is 756 g/mol. The van der Waals surface area contributed by atoms with Crippen molar-refractivity contribution in [2.24, 2.45) is 0 Å². The molecule has 0 fully saturated rings. The van der Waals surface area contributed by atoms with E-state index in [0.29, 0.717) is 0 Å². The fraction of sp³-hybridized carbons (Fsp3) is 0.0556. The molecule has 0 amide bonds. The van der Waals surface area contributed by atoms with Crippen molar-refractivity contribution in [3.8, 4) is 20.9 Å². The van der Waals surface area contributed by atoms with E-state index in [-0.39, 0.29) is 0 Å². The number of rotatable bonds is 10. The second-order valence-corrected chi connectivity index (χ2v) is 16.0. The molecule has 8 rings (SSSR count). The van der Waals surface area contributed by atoms with Crippen molar-refractivity contribution in [2.75, 3.05) is 0 Å². The predicted molar refractivity (Wildman–Crippen MR) is 247 cm³/mol. The van der Waals surface area contributed by atoms with Gasteiger partial charge in [-0.05, 0) is 100 Å². The van der Waals surface area contributed by atoms with Gasteiger partial charge in [0.05, 0.1) is 0 Å². The monoisotopic (exact) mass is 755 g/mol. The first kappa shape index (κ1) is 36.9. The lowest BCUT2D eigenvalue weighted by Crippen LogP contribution is -2.01. The van der Waals surface area contributed by atoms with Gasteiger partial charge in [0.1, 0.15) is 0 Å². The van der Waals surface area contributed by atoms with E-state index < -0.39 is 0 Å². The third-order valence-electron chi connectivity index (χ3n) is 9.86. The quantitative estimate of drug-likeness (QED) is 0.0991. The summed E-state index contributed by atoms with van der Waals surface area (Å²) in [5.41, 5.74) is 12.7. The van der Waals surface area contributed by atoms with Gasteiger partial charge in [-0.25, -0.2) is 0 Å². The second kappa shape index (κ2) is 18.5. The van der Waals surface area contributed by atoms with Gasteiger partial charge in [0.15, 0.2) is 0 Å². The molecule has 0 N–H and O–H groups in total. The topological polar surface area (TPSA) is 0 Å². The van der Waals surface area contributed by atoms with Gasteiger partial charge in [0.2, 0.25) is 21.1 Å². The molecule has 0 unspecified atom stereocenters. The molecule has 0 radical (unpaired) electrons. The molecule has 6 aromatic rings. The summed E-state index contributed by atoms with van der Waals surface area (Å²) in [7, 11) is 0. The summed E-state index contributed by atoms with van der Waals surface area (Å²) in [6, 6.07) is 58.3. The van der Waals surface area contributed by atoms with E-state index in [1.54, 1.807) is 0 Å². The molecule has 0 nitrogen and oxygen atoms in total. The van der Waals surface area contributed by atoms with Gasteiger partial charge in [0.25, 0.3) is 0 Å². The Kier molecular flexibility index (Phi) is 12.2. The highest BCUT2D eigenvalue weighted by molar-refractivity contribution is 8.16. The highest BCUT2D eigenvalue weighted by Gasteiger charge is 2.19. The summed E-state index contributed by atoms with van der Waals surface area (Å²) in [4.78, 5) is 5.05. The molecule has 0 saturated heterocycles. The van der Waals surface area contributed by atoms with Gasteiger partial charge in [-0.3, -0.25) is 0 Å².